The van der Waals surface area contributed by atoms with Crippen molar-refractivity contribution in [3.8, 4) is 11.1 Å². The van der Waals surface area contributed by atoms with E-state index in [0.717, 1.165) is 53.9 Å². The van der Waals surface area contributed by atoms with Gasteiger partial charge in [-0.15, -0.1) is 0 Å². The Morgan fingerprint density at radius 3 is 2.51 bits per heavy atom. The van der Waals surface area contributed by atoms with E-state index < -0.39 is 5.54 Å². The van der Waals surface area contributed by atoms with Gasteiger partial charge in [0, 0.05) is 66.5 Å². The Labute approximate surface area is 215 Å². The van der Waals surface area contributed by atoms with Gasteiger partial charge in [-0.25, -0.2) is 4.98 Å². The van der Waals surface area contributed by atoms with E-state index in [-0.39, 0.29) is 11.8 Å². The summed E-state index contributed by atoms with van der Waals surface area (Å²) in [5.74, 6) is -0.263. The van der Waals surface area contributed by atoms with Gasteiger partial charge in [-0.3, -0.25) is 9.59 Å². The summed E-state index contributed by atoms with van der Waals surface area (Å²) >= 11 is 0. The van der Waals surface area contributed by atoms with Crippen molar-refractivity contribution in [3.63, 3.8) is 0 Å². The molecule has 6 rings (SSSR count). The standard InChI is InChI=1S/C29H30N6O2/c1-29(2)25-15-18(4-9-22(25)28(37)33-29)24-17-31-26-23(24)14-19(16-30-26)27(36)32-20-5-7-21(8-6-20)35-12-10-34(3)11-13-35/h4-9,14-17H,10-13H2,1-3H3,(H,30,31)(H,32,36)(H,33,37). The number of benzene rings is 2. The predicted octanol–water partition coefficient (Wildman–Crippen LogP) is 4.21. The fourth-order valence-electron chi connectivity index (χ4n) is 5.24. The average molecular weight is 495 g/mol. The van der Waals surface area contributed by atoms with Crippen LogP contribution in [0.25, 0.3) is 22.2 Å². The number of aromatic amines is 1. The number of H-pyrrole nitrogens is 1. The van der Waals surface area contributed by atoms with Gasteiger partial charge < -0.3 is 25.4 Å². The lowest BCUT2D eigenvalue weighted by atomic mass is 9.91. The molecule has 0 aliphatic carbocycles. The van der Waals surface area contributed by atoms with Gasteiger partial charge in [-0.05, 0) is 74.5 Å². The summed E-state index contributed by atoms with van der Waals surface area (Å²) in [6.07, 6.45) is 3.49. The Morgan fingerprint density at radius 2 is 1.76 bits per heavy atom. The van der Waals surface area contributed by atoms with E-state index in [0.29, 0.717) is 16.8 Å². The fraction of sp³-hybridized carbons (Fsp3) is 0.276. The first-order valence-electron chi connectivity index (χ1n) is 12.6. The van der Waals surface area contributed by atoms with E-state index in [1.54, 1.807) is 6.20 Å². The van der Waals surface area contributed by atoms with Crippen molar-refractivity contribution in [2.45, 2.75) is 19.4 Å². The number of aromatic nitrogens is 2. The van der Waals surface area contributed by atoms with Crippen LogP contribution in [0.1, 0.15) is 40.1 Å². The maximum Gasteiger partial charge on any atom is 0.257 e. The largest absolute Gasteiger partial charge is 0.369 e. The van der Waals surface area contributed by atoms with Crippen molar-refractivity contribution >= 4 is 34.2 Å². The highest BCUT2D eigenvalue weighted by Crippen LogP contribution is 2.36. The zero-order valence-electron chi connectivity index (χ0n) is 21.3. The van der Waals surface area contributed by atoms with E-state index in [1.807, 2.05) is 56.4 Å². The normalized spacial score (nSPS) is 17.1. The minimum atomic E-state index is -0.433. The molecular formula is C29H30N6O2. The second kappa shape index (κ2) is 8.74. The summed E-state index contributed by atoms with van der Waals surface area (Å²) in [7, 11) is 2.14. The van der Waals surface area contributed by atoms with Crippen molar-refractivity contribution in [2.24, 2.45) is 0 Å². The lowest BCUT2D eigenvalue weighted by molar-refractivity contribution is 0.0939. The molecule has 0 radical (unpaired) electrons. The molecule has 0 unspecified atom stereocenters. The number of hydrogen-bond acceptors (Lipinski definition) is 5. The van der Waals surface area contributed by atoms with Gasteiger partial charge in [0.05, 0.1) is 11.1 Å². The van der Waals surface area contributed by atoms with Gasteiger partial charge in [0.2, 0.25) is 0 Å². The average Bonchev–Trinajstić information content (AvgIpc) is 3.42. The highest BCUT2D eigenvalue weighted by Gasteiger charge is 2.35. The molecule has 0 saturated carbocycles. The van der Waals surface area contributed by atoms with Crippen LogP contribution in [-0.2, 0) is 5.54 Å². The zero-order chi connectivity index (χ0) is 25.7. The summed E-state index contributed by atoms with van der Waals surface area (Å²) in [5.41, 5.74) is 6.23. The molecule has 188 valence electrons. The maximum absolute atomic E-state index is 13.1. The Morgan fingerprint density at radius 1 is 1.00 bits per heavy atom. The zero-order valence-corrected chi connectivity index (χ0v) is 21.3. The maximum atomic E-state index is 13.1. The predicted molar refractivity (Wildman–Crippen MR) is 146 cm³/mol. The number of fused-ring (bicyclic) bond motifs is 2. The third kappa shape index (κ3) is 4.23. The van der Waals surface area contributed by atoms with E-state index >= 15 is 0 Å². The third-order valence-electron chi connectivity index (χ3n) is 7.46. The first-order chi connectivity index (χ1) is 17.8. The fourth-order valence-corrected chi connectivity index (χ4v) is 5.24. The number of nitrogens with zero attached hydrogens (tertiary/aromatic N) is 3. The first-order valence-corrected chi connectivity index (χ1v) is 12.6. The van der Waals surface area contributed by atoms with Gasteiger partial charge in [-0.1, -0.05) is 6.07 Å². The summed E-state index contributed by atoms with van der Waals surface area (Å²) in [6.45, 7) is 8.10. The number of pyridine rings is 1. The highest BCUT2D eigenvalue weighted by molar-refractivity contribution is 6.07. The molecule has 2 aliphatic heterocycles. The molecule has 1 saturated heterocycles. The molecule has 3 N–H and O–H groups in total. The van der Waals surface area contributed by atoms with Crippen LogP contribution >= 0.6 is 0 Å². The molecule has 2 aromatic carbocycles. The van der Waals surface area contributed by atoms with Crippen LogP contribution in [0.5, 0.6) is 0 Å². The Bertz CT molecular complexity index is 1510. The SMILES string of the molecule is CN1CCN(c2ccc(NC(=O)c3cnc4[nH]cc(-c5ccc6c(c5)C(C)(C)NC6=O)c4c3)cc2)CC1. The molecule has 2 amide bonds. The van der Waals surface area contributed by atoms with Crippen molar-refractivity contribution in [3.05, 3.63) is 77.6 Å². The van der Waals surface area contributed by atoms with Crippen LogP contribution in [0.15, 0.2) is 60.9 Å². The van der Waals surface area contributed by atoms with Gasteiger partial charge in [0.1, 0.15) is 5.65 Å². The number of rotatable bonds is 4. The van der Waals surface area contributed by atoms with Gasteiger partial charge in [-0.2, -0.15) is 0 Å². The van der Waals surface area contributed by atoms with Crippen molar-refractivity contribution in [1.29, 1.82) is 0 Å². The number of hydrogen-bond donors (Lipinski definition) is 3. The monoisotopic (exact) mass is 494 g/mol. The van der Waals surface area contributed by atoms with E-state index in [9.17, 15) is 9.59 Å². The highest BCUT2D eigenvalue weighted by atomic mass is 16.2. The molecule has 4 heterocycles. The van der Waals surface area contributed by atoms with E-state index in [2.05, 4.69) is 49.6 Å². The molecule has 0 spiro atoms. The molecule has 4 aromatic rings. The van der Waals surface area contributed by atoms with Crippen LogP contribution in [0.3, 0.4) is 0 Å². The molecular weight excluding hydrogens is 464 g/mol. The van der Waals surface area contributed by atoms with Crippen molar-refractivity contribution in [1.82, 2.24) is 20.2 Å². The van der Waals surface area contributed by atoms with Crippen LogP contribution in [0.4, 0.5) is 11.4 Å². The number of anilines is 2. The number of piperazine rings is 1. The Hall–Kier alpha value is -4.17. The van der Waals surface area contributed by atoms with Gasteiger partial charge >= 0.3 is 0 Å². The molecule has 8 nitrogen and oxygen atoms in total. The minimum absolute atomic E-state index is 0.0531. The number of carbonyl (C=O) groups excluding carboxylic acids is 2. The van der Waals surface area contributed by atoms with Crippen LogP contribution < -0.4 is 15.5 Å². The van der Waals surface area contributed by atoms with Gasteiger partial charge in [0.25, 0.3) is 11.8 Å². The molecule has 0 bridgehead atoms. The summed E-state index contributed by atoms with van der Waals surface area (Å²) in [4.78, 5) is 37.8. The van der Waals surface area contributed by atoms with Crippen LogP contribution in [-0.4, -0.2) is 59.9 Å². The minimum Gasteiger partial charge on any atom is -0.369 e. The summed E-state index contributed by atoms with van der Waals surface area (Å²) in [6, 6.07) is 15.7. The van der Waals surface area contributed by atoms with E-state index in [4.69, 9.17) is 0 Å². The smallest absolute Gasteiger partial charge is 0.257 e. The second-order valence-electron chi connectivity index (χ2n) is 10.5. The van der Waals surface area contributed by atoms with Crippen LogP contribution in [0, 0.1) is 0 Å². The van der Waals surface area contributed by atoms with Crippen molar-refractivity contribution < 1.29 is 9.59 Å². The number of likely N-dealkylation sites (N-methyl/N-ethyl adjacent to an activating group) is 1. The molecule has 2 aromatic heterocycles. The van der Waals surface area contributed by atoms with Crippen LogP contribution in [0.2, 0.25) is 0 Å². The number of amides is 2. The van der Waals surface area contributed by atoms with E-state index in [1.165, 1.54) is 5.69 Å². The first kappa shape index (κ1) is 23.2. The lowest BCUT2D eigenvalue weighted by Crippen LogP contribution is -2.44. The quantitative estimate of drug-likeness (QED) is 0.395. The molecule has 2 aliphatic rings. The summed E-state index contributed by atoms with van der Waals surface area (Å²) in [5, 5.41) is 6.88. The molecule has 37 heavy (non-hydrogen) atoms. The van der Waals surface area contributed by atoms with Gasteiger partial charge in [0.15, 0.2) is 0 Å². The molecule has 0 atom stereocenters. The lowest BCUT2D eigenvalue weighted by Gasteiger charge is -2.34. The molecule has 1 fully saturated rings. The second-order valence-corrected chi connectivity index (χ2v) is 10.5. The summed E-state index contributed by atoms with van der Waals surface area (Å²) < 4.78 is 0. The third-order valence-corrected chi connectivity index (χ3v) is 7.46. The number of nitrogens with one attached hydrogen (secondary N) is 3. The van der Waals surface area contributed by atoms with Crippen molar-refractivity contribution in [2.75, 3.05) is 43.4 Å². The molecule has 8 heteroatoms. The Kier molecular flexibility index (Phi) is 5.49. The number of carbonyl (C=O) groups is 2. The Balaban J connectivity index is 1.24. The topological polar surface area (TPSA) is 93.4 Å².